The number of nitrogens with zero attached hydrogens (tertiary/aromatic N) is 1. The third-order valence-corrected chi connectivity index (χ3v) is 3.55. The molecule has 0 atom stereocenters. The predicted molar refractivity (Wildman–Crippen MR) is 79.0 cm³/mol. The molecule has 3 nitrogen and oxygen atoms in total. The number of rotatable bonds is 8. The van der Waals surface area contributed by atoms with Crippen LogP contribution in [0, 0.1) is 5.92 Å². The van der Waals surface area contributed by atoms with E-state index >= 15 is 0 Å². The van der Waals surface area contributed by atoms with Gasteiger partial charge in [-0.15, -0.1) is 0 Å². The minimum absolute atomic E-state index is 0.512. The Morgan fingerprint density at radius 2 is 2.05 bits per heavy atom. The normalized spacial score (nSPS) is 15.9. The summed E-state index contributed by atoms with van der Waals surface area (Å²) in [6, 6.07) is 3.40. The molecule has 1 aromatic heterocycles. The van der Waals surface area contributed by atoms with Gasteiger partial charge in [-0.05, 0) is 24.8 Å². The first kappa shape index (κ1) is 14.6. The van der Waals surface area contributed by atoms with Gasteiger partial charge in [-0.25, -0.2) is 0 Å². The zero-order valence-electron chi connectivity index (χ0n) is 12.8. The van der Waals surface area contributed by atoms with Gasteiger partial charge in [0.2, 0.25) is 0 Å². The van der Waals surface area contributed by atoms with Crippen molar-refractivity contribution in [2.24, 2.45) is 5.92 Å². The molecular formula is C16H28N2O. The standard InChI is InChI=1S/C16H28N2O/c1-12(2)10-18(15-5-6-15)11-16-14(7-8-19-16)9-17-13(3)4/h7-8,12-13,15,17H,5-6,9-11H2,1-4H3. The molecule has 2 rings (SSSR count). The predicted octanol–water partition coefficient (Wildman–Crippen LogP) is 3.40. The molecule has 0 bridgehead atoms. The number of hydrogen-bond donors (Lipinski definition) is 1. The van der Waals surface area contributed by atoms with Gasteiger partial charge in [0.05, 0.1) is 12.8 Å². The van der Waals surface area contributed by atoms with E-state index in [-0.39, 0.29) is 0 Å². The molecule has 1 aliphatic rings. The monoisotopic (exact) mass is 264 g/mol. The van der Waals surface area contributed by atoms with Crippen LogP contribution in [0.15, 0.2) is 16.7 Å². The van der Waals surface area contributed by atoms with Crippen molar-refractivity contribution in [3.8, 4) is 0 Å². The lowest BCUT2D eigenvalue weighted by Gasteiger charge is -2.23. The second-order valence-electron chi connectivity index (χ2n) is 6.46. The van der Waals surface area contributed by atoms with Gasteiger partial charge in [0.15, 0.2) is 0 Å². The van der Waals surface area contributed by atoms with Crippen LogP contribution in [-0.4, -0.2) is 23.5 Å². The van der Waals surface area contributed by atoms with Crippen molar-refractivity contribution < 1.29 is 4.42 Å². The van der Waals surface area contributed by atoms with E-state index in [1.807, 2.05) is 6.26 Å². The Kier molecular flexibility index (Phi) is 5.06. The van der Waals surface area contributed by atoms with E-state index in [4.69, 9.17) is 4.42 Å². The van der Waals surface area contributed by atoms with Crippen LogP contribution in [0.1, 0.15) is 51.9 Å². The van der Waals surface area contributed by atoms with E-state index in [0.717, 1.165) is 24.9 Å². The Morgan fingerprint density at radius 1 is 1.32 bits per heavy atom. The summed E-state index contributed by atoms with van der Waals surface area (Å²) in [4.78, 5) is 2.59. The average Bonchev–Trinajstić information content (AvgIpc) is 3.07. The van der Waals surface area contributed by atoms with Gasteiger partial charge in [0.25, 0.3) is 0 Å². The molecule has 1 aromatic rings. The summed E-state index contributed by atoms with van der Waals surface area (Å²) in [6.45, 7) is 12.0. The number of furan rings is 1. The lowest BCUT2D eigenvalue weighted by atomic mass is 10.1. The molecule has 0 aromatic carbocycles. The number of nitrogens with one attached hydrogen (secondary N) is 1. The Balaban J connectivity index is 1.94. The molecule has 1 saturated carbocycles. The van der Waals surface area contributed by atoms with Crippen molar-refractivity contribution in [3.05, 3.63) is 23.7 Å². The SMILES string of the molecule is CC(C)CN(Cc1occc1CNC(C)C)C1CC1. The summed E-state index contributed by atoms with van der Waals surface area (Å²) >= 11 is 0. The summed E-state index contributed by atoms with van der Waals surface area (Å²) in [5.74, 6) is 1.86. The van der Waals surface area contributed by atoms with Gasteiger partial charge in [0, 0.05) is 30.7 Å². The summed E-state index contributed by atoms with van der Waals surface area (Å²) in [5, 5.41) is 3.47. The van der Waals surface area contributed by atoms with Crippen molar-refractivity contribution in [1.82, 2.24) is 10.2 Å². The Morgan fingerprint density at radius 3 is 2.63 bits per heavy atom. The van der Waals surface area contributed by atoms with Crippen molar-refractivity contribution in [2.45, 2.75) is 65.7 Å². The first-order valence-electron chi connectivity index (χ1n) is 7.59. The molecule has 0 aliphatic heterocycles. The van der Waals surface area contributed by atoms with E-state index in [1.54, 1.807) is 0 Å². The molecule has 0 radical (unpaired) electrons. The van der Waals surface area contributed by atoms with Crippen molar-refractivity contribution in [3.63, 3.8) is 0 Å². The minimum atomic E-state index is 0.512. The zero-order valence-corrected chi connectivity index (χ0v) is 12.8. The van der Waals surface area contributed by atoms with Crippen LogP contribution in [0.3, 0.4) is 0 Å². The second-order valence-corrected chi connectivity index (χ2v) is 6.46. The molecule has 1 N–H and O–H groups in total. The summed E-state index contributed by atoms with van der Waals surface area (Å²) < 4.78 is 5.71. The van der Waals surface area contributed by atoms with Crippen LogP contribution >= 0.6 is 0 Å². The van der Waals surface area contributed by atoms with E-state index < -0.39 is 0 Å². The van der Waals surface area contributed by atoms with E-state index in [9.17, 15) is 0 Å². The van der Waals surface area contributed by atoms with E-state index in [1.165, 1.54) is 24.9 Å². The summed E-state index contributed by atoms with van der Waals surface area (Å²) in [7, 11) is 0. The van der Waals surface area contributed by atoms with Crippen LogP contribution in [0.25, 0.3) is 0 Å². The average molecular weight is 264 g/mol. The van der Waals surface area contributed by atoms with Crippen LogP contribution < -0.4 is 5.32 Å². The largest absolute Gasteiger partial charge is 0.468 e. The quantitative estimate of drug-likeness (QED) is 0.780. The molecule has 3 heteroatoms. The highest BCUT2D eigenvalue weighted by molar-refractivity contribution is 5.17. The van der Waals surface area contributed by atoms with Crippen LogP contribution in [0.5, 0.6) is 0 Å². The third-order valence-electron chi connectivity index (χ3n) is 3.55. The molecule has 0 saturated heterocycles. The molecule has 19 heavy (non-hydrogen) atoms. The highest BCUT2D eigenvalue weighted by Crippen LogP contribution is 2.29. The summed E-state index contributed by atoms with van der Waals surface area (Å²) in [6.07, 6.45) is 4.53. The topological polar surface area (TPSA) is 28.4 Å². The highest BCUT2D eigenvalue weighted by Gasteiger charge is 2.30. The fourth-order valence-corrected chi connectivity index (χ4v) is 2.41. The fraction of sp³-hybridized carbons (Fsp3) is 0.750. The molecule has 0 spiro atoms. The van der Waals surface area contributed by atoms with Gasteiger partial charge in [-0.1, -0.05) is 27.7 Å². The van der Waals surface area contributed by atoms with Gasteiger partial charge in [-0.2, -0.15) is 0 Å². The zero-order chi connectivity index (χ0) is 13.8. The first-order valence-corrected chi connectivity index (χ1v) is 7.59. The highest BCUT2D eigenvalue weighted by atomic mass is 16.3. The minimum Gasteiger partial charge on any atom is -0.468 e. The maximum atomic E-state index is 5.71. The van der Waals surface area contributed by atoms with Gasteiger partial charge in [-0.3, -0.25) is 4.90 Å². The Bertz CT molecular complexity index is 380. The van der Waals surface area contributed by atoms with Crippen LogP contribution in [0.4, 0.5) is 0 Å². The van der Waals surface area contributed by atoms with Crippen LogP contribution in [-0.2, 0) is 13.1 Å². The van der Waals surface area contributed by atoms with E-state index in [2.05, 4.69) is 44.0 Å². The first-order chi connectivity index (χ1) is 9.06. The van der Waals surface area contributed by atoms with Crippen molar-refractivity contribution in [1.29, 1.82) is 0 Å². The van der Waals surface area contributed by atoms with Gasteiger partial charge in [0.1, 0.15) is 5.76 Å². The Hall–Kier alpha value is -0.800. The fourth-order valence-electron chi connectivity index (χ4n) is 2.41. The van der Waals surface area contributed by atoms with Gasteiger partial charge < -0.3 is 9.73 Å². The molecule has 1 fully saturated rings. The van der Waals surface area contributed by atoms with Crippen molar-refractivity contribution >= 4 is 0 Å². The Labute approximate surface area is 117 Å². The molecule has 1 heterocycles. The number of hydrogen-bond acceptors (Lipinski definition) is 3. The molecule has 0 unspecified atom stereocenters. The molecular weight excluding hydrogens is 236 g/mol. The lowest BCUT2D eigenvalue weighted by Crippen LogP contribution is -2.30. The van der Waals surface area contributed by atoms with E-state index in [0.29, 0.717) is 12.0 Å². The van der Waals surface area contributed by atoms with Crippen LogP contribution in [0.2, 0.25) is 0 Å². The molecule has 1 aliphatic carbocycles. The summed E-state index contributed by atoms with van der Waals surface area (Å²) in [5.41, 5.74) is 1.31. The lowest BCUT2D eigenvalue weighted by molar-refractivity contribution is 0.208. The maximum absolute atomic E-state index is 5.71. The maximum Gasteiger partial charge on any atom is 0.122 e. The third kappa shape index (κ3) is 4.66. The molecule has 0 amide bonds. The smallest absolute Gasteiger partial charge is 0.122 e. The van der Waals surface area contributed by atoms with Gasteiger partial charge >= 0.3 is 0 Å². The van der Waals surface area contributed by atoms with Crippen molar-refractivity contribution in [2.75, 3.05) is 6.54 Å². The molecule has 108 valence electrons. The second kappa shape index (κ2) is 6.58.